The van der Waals surface area contributed by atoms with E-state index in [1.165, 1.54) is 12.4 Å². The minimum absolute atomic E-state index is 0.0740. The Balaban J connectivity index is 2.05. The minimum Gasteiger partial charge on any atom is -0.381 e. The first-order valence-corrected chi connectivity index (χ1v) is 8.17. The van der Waals surface area contributed by atoms with Gasteiger partial charge in [0.1, 0.15) is 4.90 Å². The first kappa shape index (κ1) is 15.1. The van der Waals surface area contributed by atoms with E-state index in [1.807, 2.05) is 13.8 Å². The average molecular weight is 300 g/mol. The number of aromatic nitrogens is 2. The van der Waals surface area contributed by atoms with Crippen LogP contribution in [-0.2, 0) is 14.8 Å². The van der Waals surface area contributed by atoms with Crippen molar-refractivity contribution in [3.05, 3.63) is 12.4 Å². The molecular formula is C12H20N4O3S. The Morgan fingerprint density at radius 3 is 2.70 bits per heavy atom. The van der Waals surface area contributed by atoms with Crippen LogP contribution in [0, 0.1) is 5.92 Å². The van der Waals surface area contributed by atoms with Gasteiger partial charge in [0, 0.05) is 25.1 Å². The SMILES string of the molecule is CCNc1ncc(S(=O)(=O)NC(C)C2CCOC2)cn1. The van der Waals surface area contributed by atoms with Gasteiger partial charge in [-0.2, -0.15) is 0 Å². The van der Waals surface area contributed by atoms with Crippen molar-refractivity contribution in [3.8, 4) is 0 Å². The van der Waals surface area contributed by atoms with E-state index in [0.29, 0.717) is 25.7 Å². The highest BCUT2D eigenvalue weighted by atomic mass is 32.2. The molecule has 1 aliphatic heterocycles. The van der Waals surface area contributed by atoms with Crippen molar-refractivity contribution < 1.29 is 13.2 Å². The lowest BCUT2D eigenvalue weighted by Gasteiger charge is -2.19. The quantitative estimate of drug-likeness (QED) is 0.799. The smallest absolute Gasteiger partial charge is 0.243 e. The fourth-order valence-electron chi connectivity index (χ4n) is 2.06. The lowest BCUT2D eigenvalue weighted by Crippen LogP contribution is -2.38. The number of nitrogens with zero attached hydrogens (tertiary/aromatic N) is 2. The highest BCUT2D eigenvalue weighted by molar-refractivity contribution is 7.89. The van der Waals surface area contributed by atoms with E-state index in [-0.39, 0.29) is 16.9 Å². The molecular weight excluding hydrogens is 280 g/mol. The standard InChI is InChI=1S/C12H20N4O3S/c1-3-13-12-14-6-11(7-15-12)20(17,18)16-9(2)10-4-5-19-8-10/h6-7,9-10,16H,3-5,8H2,1-2H3,(H,13,14,15). The molecule has 1 aromatic heterocycles. The molecule has 8 heteroatoms. The third-order valence-electron chi connectivity index (χ3n) is 3.29. The molecule has 0 amide bonds. The molecule has 20 heavy (non-hydrogen) atoms. The van der Waals surface area contributed by atoms with Gasteiger partial charge in [-0.25, -0.2) is 23.1 Å². The Labute approximate surface area is 119 Å². The Morgan fingerprint density at radius 1 is 1.45 bits per heavy atom. The molecule has 1 aliphatic rings. The third-order valence-corrected chi connectivity index (χ3v) is 4.80. The van der Waals surface area contributed by atoms with Gasteiger partial charge in [0.25, 0.3) is 0 Å². The Hall–Kier alpha value is -1.25. The highest BCUT2D eigenvalue weighted by Crippen LogP contribution is 2.18. The summed E-state index contributed by atoms with van der Waals surface area (Å²) in [6.07, 6.45) is 3.50. The molecule has 0 aromatic carbocycles. The van der Waals surface area contributed by atoms with Crippen LogP contribution in [0.5, 0.6) is 0 Å². The van der Waals surface area contributed by atoms with Crippen LogP contribution in [0.15, 0.2) is 17.3 Å². The van der Waals surface area contributed by atoms with Gasteiger partial charge >= 0.3 is 0 Å². The molecule has 2 atom stereocenters. The Morgan fingerprint density at radius 2 is 2.15 bits per heavy atom. The topological polar surface area (TPSA) is 93.2 Å². The second-order valence-electron chi connectivity index (χ2n) is 4.81. The van der Waals surface area contributed by atoms with Crippen molar-refractivity contribution >= 4 is 16.0 Å². The second kappa shape index (κ2) is 6.47. The van der Waals surface area contributed by atoms with Crippen molar-refractivity contribution in [1.29, 1.82) is 0 Å². The van der Waals surface area contributed by atoms with E-state index in [1.54, 1.807) is 0 Å². The Bertz CT molecular complexity index is 526. The zero-order chi connectivity index (χ0) is 14.6. The van der Waals surface area contributed by atoms with Gasteiger partial charge in [-0.1, -0.05) is 0 Å². The van der Waals surface area contributed by atoms with Crippen molar-refractivity contribution in [1.82, 2.24) is 14.7 Å². The summed E-state index contributed by atoms with van der Waals surface area (Å²) in [6, 6.07) is -0.170. The lowest BCUT2D eigenvalue weighted by atomic mass is 10.0. The van der Waals surface area contributed by atoms with Gasteiger partial charge in [0.15, 0.2) is 0 Å². The van der Waals surface area contributed by atoms with Crippen molar-refractivity contribution in [2.24, 2.45) is 5.92 Å². The molecule has 2 rings (SSSR count). The fraction of sp³-hybridized carbons (Fsp3) is 0.667. The molecule has 2 heterocycles. The summed E-state index contributed by atoms with van der Waals surface area (Å²) in [6.45, 7) is 5.74. The number of rotatable bonds is 6. The summed E-state index contributed by atoms with van der Waals surface area (Å²) in [5.74, 6) is 0.635. The molecule has 0 spiro atoms. The number of nitrogens with one attached hydrogen (secondary N) is 2. The van der Waals surface area contributed by atoms with Crippen molar-refractivity contribution in [3.63, 3.8) is 0 Å². The normalized spacial score (nSPS) is 20.8. The van der Waals surface area contributed by atoms with Crippen LogP contribution in [0.2, 0.25) is 0 Å². The van der Waals surface area contributed by atoms with Crippen LogP contribution in [-0.4, -0.2) is 44.2 Å². The Kier molecular flexibility index (Phi) is 4.90. The molecule has 1 aromatic rings. The minimum atomic E-state index is -3.59. The summed E-state index contributed by atoms with van der Waals surface area (Å²) < 4.78 is 32.4. The predicted octanol–water partition coefficient (Wildman–Crippen LogP) is 0.612. The molecule has 7 nitrogen and oxygen atoms in total. The first-order valence-electron chi connectivity index (χ1n) is 6.69. The van der Waals surface area contributed by atoms with Gasteiger partial charge in [-0.05, 0) is 20.3 Å². The van der Waals surface area contributed by atoms with E-state index in [2.05, 4.69) is 20.0 Å². The maximum atomic E-state index is 12.2. The molecule has 0 saturated carbocycles. The molecule has 0 aliphatic carbocycles. The molecule has 2 unspecified atom stereocenters. The average Bonchev–Trinajstić information content (AvgIpc) is 2.93. The number of hydrogen-bond acceptors (Lipinski definition) is 6. The third kappa shape index (κ3) is 3.65. The maximum absolute atomic E-state index is 12.2. The predicted molar refractivity (Wildman–Crippen MR) is 74.9 cm³/mol. The van der Waals surface area contributed by atoms with Crippen LogP contribution in [0.25, 0.3) is 0 Å². The molecule has 0 bridgehead atoms. The number of anilines is 1. The monoisotopic (exact) mass is 300 g/mol. The summed E-state index contributed by atoms with van der Waals surface area (Å²) in [4.78, 5) is 8.02. The first-order chi connectivity index (χ1) is 9.53. The molecule has 2 N–H and O–H groups in total. The van der Waals surface area contributed by atoms with Crippen molar-refractivity contribution in [2.45, 2.75) is 31.2 Å². The number of hydrogen-bond donors (Lipinski definition) is 2. The zero-order valence-electron chi connectivity index (χ0n) is 11.7. The van der Waals surface area contributed by atoms with Gasteiger partial charge in [0.2, 0.25) is 16.0 Å². The van der Waals surface area contributed by atoms with Crippen molar-refractivity contribution in [2.75, 3.05) is 25.1 Å². The number of sulfonamides is 1. The summed E-state index contributed by atoms with van der Waals surface area (Å²) in [7, 11) is -3.59. The van der Waals surface area contributed by atoms with Crippen LogP contribution >= 0.6 is 0 Å². The maximum Gasteiger partial charge on any atom is 0.243 e. The van der Waals surface area contributed by atoms with Gasteiger partial charge < -0.3 is 10.1 Å². The van der Waals surface area contributed by atoms with Gasteiger partial charge in [0.05, 0.1) is 19.0 Å². The second-order valence-corrected chi connectivity index (χ2v) is 6.52. The van der Waals surface area contributed by atoms with Gasteiger partial charge in [-0.15, -0.1) is 0 Å². The van der Waals surface area contributed by atoms with Gasteiger partial charge in [-0.3, -0.25) is 0 Å². The van der Waals surface area contributed by atoms with E-state index >= 15 is 0 Å². The van der Waals surface area contributed by atoms with E-state index < -0.39 is 10.0 Å². The fourth-order valence-corrected chi connectivity index (χ4v) is 3.26. The highest BCUT2D eigenvalue weighted by Gasteiger charge is 2.27. The summed E-state index contributed by atoms with van der Waals surface area (Å²) in [5.41, 5.74) is 0. The largest absolute Gasteiger partial charge is 0.381 e. The summed E-state index contributed by atoms with van der Waals surface area (Å²) in [5, 5.41) is 2.92. The molecule has 1 saturated heterocycles. The van der Waals surface area contributed by atoms with Crippen LogP contribution in [0.4, 0.5) is 5.95 Å². The van der Waals surface area contributed by atoms with E-state index in [9.17, 15) is 8.42 Å². The van der Waals surface area contributed by atoms with E-state index in [4.69, 9.17) is 4.74 Å². The van der Waals surface area contributed by atoms with Crippen LogP contribution in [0.3, 0.4) is 0 Å². The molecule has 1 fully saturated rings. The van der Waals surface area contributed by atoms with Crippen LogP contribution in [0.1, 0.15) is 20.3 Å². The molecule has 112 valence electrons. The zero-order valence-corrected chi connectivity index (χ0v) is 12.5. The lowest BCUT2D eigenvalue weighted by molar-refractivity contribution is 0.180. The van der Waals surface area contributed by atoms with E-state index in [0.717, 1.165) is 6.42 Å². The number of ether oxygens (including phenoxy) is 1. The molecule has 0 radical (unpaired) electrons. The van der Waals surface area contributed by atoms with Crippen LogP contribution < -0.4 is 10.0 Å². The summed E-state index contributed by atoms with van der Waals surface area (Å²) >= 11 is 0.